The molecule has 0 aliphatic heterocycles. The molecule has 0 heterocycles. The molecule has 0 atom stereocenters. The molecule has 0 aliphatic rings. The van der Waals surface area contributed by atoms with Crippen LogP contribution in [0.2, 0.25) is 0 Å². The van der Waals surface area contributed by atoms with Crippen LogP contribution in [0, 0.1) is 11.3 Å². The molecule has 2 aromatic rings. The number of methoxy groups -OCH3 is 2. The van der Waals surface area contributed by atoms with Crippen LogP contribution in [0.4, 0.5) is 5.69 Å². The highest BCUT2D eigenvalue weighted by Crippen LogP contribution is 2.29. The highest BCUT2D eigenvalue weighted by atomic mass is 16.5. The Bertz CT molecular complexity index is 738. The smallest absolute Gasteiger partial charge is 0.262 e. The number of ether oxygens (including phenoxy) is 3. The molecule has 1 amide bonds. The van der Waals surface area contributed by atoms with E-state index in [-0.39, 0.29) is 12.5 Å². The molecule has 0 radical (unpaired) electrons. The van der Waals surface area contributed by atoms with Gasteiger partial charge >= 0.3 is 0 Å². The second-order valence-corrected chi connectivity index (χ2v) is 4.51. The van der Waals surface area contributed by atoms with Crippen molar-refractivity contribution in [1.29, 1.82) is 5.26 Å². The van der Waals surface area contributed by atoms with Crippen LogP contribution in [-0.4, -0.2) is 26.7 Å². The van der Waals surface area contributed by atoms with Crippen LogP contribution in [0.5, 0.6) is 17.2 Å². The maximum absolute atomic E-state index is 11.9. The number of hydrogen-bond donors (Lipinski definition) is 1. The average molecular weight is 312 g/mol. The number of carbonyl (C=O) groups is 1. The molecule has 1 N–H and O–H groups in total. The van der Waals surface area contributed by atoms with Gasteiger partial charge in [-0.1, -0.05) is 12.1 Å². The van der Waals surface area contributed by atoms with Gasteiger partial charge in [0.15, 0.2) is 18.1 Å². The van der Waals surface area contributed by atoms with Gasteiger partial charge in [-0.25, -0.2) is 0 Å². The minimum absolute atomic E-state index is 0.201. The zero-order chi connectivity index (χ0) is 16.7. The van der Waals surface area contributed by atoms with Crippen LogP contribution in [0.15, 0.2) is 42.5 Å². The molecular weight excluding hydrogens is 296 g/mol. The molecule has 6 heteroatoms. The van der Waals surface area contributed by atoms with Gasteiger partial charge < -0.3 is 19.5 Å². The van der Waals surface area contributed by atoms with Gasteiger partial charge in [-0.05, 0) is 24.3 Å². The fourth-order valence-corrected chi connectivity index (χ4v) is 1.94. The summed E-state index contributed by atoms with van der Waals surface area (Å²) >= 11 is 0. The Kier molecular flexibility index (Phi) is 5.42. The number of nitrogens with zero attached hydrogens (tertiary/aromatic N) is 1. The third-order valence-electron chi connectivity index (χ3n) is 3.03. The topological polar surface area (TPSA) is 80.6 Å². The zero-order valence-corrected chi connectivity index (χ0v) is 12.8. The number of anilines is 1. The third kappa shape index (κ3) is 4.14. The number of para-hydroxylation sites is 1. The Morgan fingerprint density at radius 2 is 1.83 bits per heavy atom. The van der Waals surface area contributed by atoms with Crippen molar-refractivity contribution >= 4 is 11.6 Å². The van der Waals surface area contributed by atoms with E-state index >= 15 is 0 Å². The molecule has 0 saturated carbocycles. The molecule has 0 unspecified atom stereocenters. The first kappa shape index (κ1) is 16.2. The molecule has 0 aromatic heterocycles. The van der Waals surface area contributed by atoms with Crippen molar-refractivity contribution in [2.75, 3.05) is 26.1 Å². The van der Waals surface area contributed by atoms with E-state index in [0.717, 1.165) is 0 Å². The number of rotatable bonds is 6. The van der Waals surface area contributed by atoms with E-state index in [2.05, 4.69) is 5.32 Å². The van der Waals surface area contributed by atoms with Crippen LogP contribution >= 0.6 is 0 Å². The van der Waals surface area contributed by atoms with E-state index in [1.807, 2.05) is 6.07 Å². The summed E-state index contributed by atoms with van der Waals surface area (Å²) < 4.78 is 15.7. The van der Waals surface area contributed by atoms with Crippen LogP contribution in [0.1, 0.15) is 5.56 Å². The minimum atomic E-state index is -0.343. The summed E-state index contributed by atoms with van der Waals surface area (Å²) in [7, 11) is 3.06. The number of hydrogen-bond acceptors (Lipinski definition) is 5. The van der Waals surface area contributed by atoms with Gasteiger partial charge in [-0.15, -0.1) is 0 Å². The summed E-state index contributed by atoms with van der Waals surface area (Å²) in [6, 6.07) is 13.8. The summed E-state index contributed by atoms with van der Waals surface area (Å²) in [4.78, 5) is 11.9. The van der Waals surface area contributed by atoms with E-state index in [4.69, 9.17) is 19.5 Å². The van der Waals surface area contributed by atoms with Gasteiger partial charge in [0.05, 0.1) is 19.8 Å². The van der Waals surface area contributed by atoms with Gasteiger partial charge in [0.2, 0.25) is 0 Å². The maximum atomic E-state index is 11.9. The highest BCUT2D eigenvalue weighted by molar-refractivity contribution is 5.92. The van der Waals surface area contributed by atoms with E-state index in [0.29, 0.717) is 28.5 Å². The molecule has 0 bridgehead atoms. The first-order chi connectivity index (χ1) is 11.2. The maximum Gasteiger partial charge on any atom is 0.262 e. The molecule has 0 fully saturated rings. The lowest BCUT2D eigenvalue weighted by atomic mass is 10.2. The number of nitriles is 1. The van der Waals surface area contributed by atoms with Crippen LogP contribution < -0.4 is 19.5 Å². The average Bonchev–Trinajstić information content (AvgIpc) is 2.60. The van der Waals surface area contributed by atoms with E-state index in [1.165, 1.54) is 14.2 Å². The largest absolute Gasteiger partial charge is 0.493 e. The molecule has 23 heavy (non-hydrogen) atoms. The van der Waals surface area contributed by atoms with Crippen molar-refractivity contribution in [2.24, 2.45) is 0 Å². The fourth-order valence-electron chi connectivity index (χ4n) is 1.94. The number of benzene rings is 2. The summed E-state index contributed by atoms with van der Waals surface area (Å²) in [6.45, 7) is -0.201. The van der Waals surface area contributed by atoms with Crippen molar-refractivity contribution in [1.82, 2.24) is 0 Å². The van der Waals surface area contributed by atoms with Crippen LogP contribution in [0.25, 0.3) is 0 Å². The van der Waals surface area contributed by atoms with Crippen LogP contribution in [0.3, 0.4) is 0 Å². The Labute approximate surface area is 134 Å². The lowest BCUT2D eigenvalue weighted by Gasteiger charge is -2.11. The molecule has 118 valence electrons. The first-order valence-corrected chi connectivity index (χ1v) is 6.81. The van der Waals surface area contributed by atoms with Crippen molar-refractivity contribution in [3.05, 3.63) is 48.0 Å². The van der Waals surface area contributed by atoms with Crippen LogP contribution in [-0.2, 0) is 4.79 Å². The van der Waals surface area contributed by atoms with E-state index < -0.39 is 0 Å². The zero-order valence-electron chi connectivity index (χ0n) is 12.8. The minimum Gasteiger partial charge on any atom is -0.493 e. The summed E-state index contributed by atoms with van der Waals surface area (Å²) in [5, 5.41) is 11.7. The Balaban J connectivity index is 1.99. The summed E-state index contributed by atoms with van der Waals surface area (Å²) in [6.07, 6.45) is 0. The Hall–Kier alpha value is -3.20. The Morgan fingerprint density at radius 3 is 2.52 bits per heavy atom. The molecule has 6 nitrogen and oxygen atoms in total. The SMILES string of the molecule is COc1ccc(NC(=O)COc2ccccc2C#N)cc1OC. The van der Waals surface area contributed by atoms with Gasteiger partial charge in [-0.2, -0.15) is 5.26 Å². The predicted molar refractivity (Wildman–Crippen MR) is 84.8 cm³/mol. The van der Waals surface area contributed by atoms with Crippen molar-refractivity contribution in [3.63, 3.8) is 0 Å². The lowest BCUT2D eigenvalue weighted by Crippen LogP contribution is -2.20. The quantitative estimate of drug-likeness (QED) is 0.886. The molecule has 2 rings (SSSR count). The Morgan fingerprint density at radius 1 is 1.09 bits per heavy atom. The van der Waals surface area contributed by atoms with Gasteiger partial charge in [0.25, 0.3) is 5.91 Å². The highest BCUT2D eigenvalue weighted by Gasteiger charge is 2.09. The fraction of sp³-hybridized carbons (Fsp3) is 0.176. The number of nitrogens with one attached hydrogen (secondary N) is 1. The standard InChI is InChI=1S/C17H16N2O4/c1-21-15-8-7-13(9-16(15)22-2)19-17(20)11-23-14-6-4-3-5-12(14)10-18/h3-9H,11H2,1-2H3,(H,19,20). The van der Waals surface area contributed by atoms with Gasteiger partial charge in [0, 0.05) is 11.8 Å². The van der Waals surface area contributed by atoms with Gasteiger partial charge in [-0.3, -0.25) is 4.79 Å². The van der Waals surface area contributed by atoms with Crippen molar-refractivity contribution in [2.45, 2.75) is 0 Å². The number of amides is 1. The van der Waals surface area contributed by atoms with Crippen molar-refractivity contribution < 1.29 is 19.0 Å². The normalized spacial score (nSPS) is 9.61. The number of carbonyl (C=O) groups excluding carboxylic acids is 1. The van der Waals surface area contributed by atoms with Gasteiger partial charge in [0.1, 0.15) is 11.8 Å². The summed E-state index contributed by atoms with van der Waals surface area (Å²) in [5.41, 5.74) is 0.941. The lowest BCUT2D eigenvalue weighted by molar-refractivity contribution is -0.118. The summed E-state index contributed by atoms with van der Waals surface area (Å²) in [5.74, 6) is 1.12. The monoisotopic (exact) mass is 312 g/mol. The van der Waals surface area contributed by atoms with E-state index in [9.17, 15) is 4.79 Å². The second-order valence-electron chi connectivity index (χ2n) is 4.51. The molecule has 0 saturated heterocycles. The van der Waals surface area contributed by atoms with E-state index in [1.54, 1.807) is 42.5 Å². The molecule has 0 spiro atoms. The first-order valence-electron chi connectivity index (χ1n) is 6.81. The molecule has 2 aromatic carbocycles. The third-order valence-corrected chi connectivity index (χ3v) is 3.03. The molecular formula is C17H16N2O4. The second kappa shape index (κ2) is 7.71. The molecule has 0 aliphatic carbocycles. The predicted octanol–water partition coefficient (Wildman–Crippen LogP) is 2.59. The van der Waals surface area contributed by atoms with Crippen molar-refractivity contribution in [3.8, 4) is 23.3 Å².